The van der Waals surface area contributed by atoms with Crippen molar-refractivity contribution in [3.63, 3.8) is 0 Å². The number of hydrogen-bond donors (Lipinski definition) is 2. The predicted molar refractivity (Wildman–Crippen MR) is 159 cm³/mol. The second kappa shape index (κ2) is 13.6. The predicted octanol–water partition coefficient (Wildman–Crippen LogP) is 4.30. The number of aliphatic hydroxyl groups excluding tert-OH is 1. The van der Waals surface area contributed by atoms with Crippen LogP contribution in [0.15, 0.2) is 48.5 Å². The summed E-state index contributed by atoms with van der Waals surface area (Å²) in [6, 6.07) is 13.3. The summed E-state index contributed by atoms with van der Waals surface area (Å²) in [6.07, 6.45) is -4.18. The molecule has 0 aliphatic carbocycles. The highest BCUT2D eigenvalue weighted by atomic mass is 19.4. The van der Waals surface area contributed by atoms with Gasteiger partial charge in [0.15, 0.2) is 12.1 Å². The maximum Gasteiger partial charge on any atom is 0.471 e. The van der Waals surface area contributed by atoms with E-state index in [2.05, 4.69) is 17.1 Å². The molecule has 13 heteroatoms. The topological polar surface area (TPSA) is 110 Å². The van der Waals surface area contributed by atoms with E-state index in [9.17, 15) is 27.9 Å². The third kappa shape index (κ3) is 7.09. The first kappa shape index (κ1) is 32.9. The fraction of sp³-hybridized carbons (Fsp3) is 0.576. The Bertz CT molecular complexity index is 1360. The number of carbonyl (C=O) groups is 2. The number of ether oxygens (including phenoxy) is 4. The van der Waals surface area contributed by atoms with Crippen LogP contribution in [-0.4, -0.2) is 90.2 Å². The number of anilines is 1. The van der Waals surface area contributed by atoms with Crippen LogP contribution < -0.4 is 5.32 Å². The summed E-state index contributed by atoms with van der Waals surface area (Å²) in [6.45, 7) is 5.49. The first-order valence-corrected chi connectivity index (χ1v) is 15.8. The smallest absolute Gasteiger partial charge is 0.392 e. The second-order valence-electron chi connectivity index (χ2n) is 12.5. The second-order valence-corrected chi connectivity index (χ2v) is 12.5. The van der Waals surface area contributed by atoms with Gasteiger partial charge < -0.3 is 39.2 Å². The number of alkyl halides is 3. The van der Waals surface area contributed by atoms with Crippen molar-refractivity contribution in [1.29, 1.82) is 0 Å². The van der Waals surface area contributed by atoms with Crippen LogP contribution in [0, 0.1) is 5.92 Å². The number of benzene rings is 2. The highest BCUT2D eigenvalue weighted by Crippen LogP contribution is 2.42. The zero-order valence-electron chi connectivity index (χ0n) is 25.7. The van der Waals surface area contributed by atoms with E-state index in [4.69, 9.17) is 18.9 Å². The molecule has 46 heavy (non-hydrogen) atoms. The van der Waals surface area contributed by atoms with Crippen molar-refractivity contribution in [2.75, 3.05) is 44.7 Å². The first-order valence-electron chi connectivity index (χ1n) is 15.8. The molecule has 2 N–H and O–H groups in total. The number of piperidine rings is 1. The lowest BCUT2D eigenvalue weighted by Crippen LogP contribution is -2.50. The zero-order valence-corrected chi connectivity index (χ0v) is 25.7. The minimum absolute atomic E-state index is 0.00146. The lowest BCUT2D eigenvalue weighted by atomic mass is 9.89. The lowest BCUT2D eigenvalue weighted by molar-refractivity contribution is -0.278. The van der Waals surface area contributed by atoms with Gasteiger partial charge in [0.2, 0.25) is 5.91 Å². The standard InChI is InChI=1S/C33H40F3N3O7/c1-21-27(19-38-15-12-32(13-16-38)43-17-18-44-32)45-30(46-28(21)23-6-4-22(20-40)5-7-23)24-8-10-25(11-9-24)37-29(41)26-3-2-14-39(26)31(42)33(34,35)36/h4-11,21,26-28,30,40H,2-3,12-20H2,1H3,(H,37,41)/t21-,26+,27+,28+,30+/m1/s1. The number of halogens is 3. The number of nitrogens with one attached hydrogen (secondary N) is 1. The number of amides is 2. The Morgan fingerprint density at radius 1 is 0.957 bits per heavy atom. The van der Waals surface area contributed by atoms with Crippen LogP contribution >= 0.6 is 0 Å². The van der Waals surface area contributed by atoms with E-state index in [1.54, 1.807) is 24.3 Å². The number of rotatable bonds is 7. The lowest BCUT2D eigenvalue weighted by Gasteiger charge is -2.44. The van der Waals surface area contributed by atoms with E-state index in [1.807, 2.05) is 24.3 Å². The highest BCUT2D eigenvalue weighted by molar-refractivity contribution is 5.98. The average Bonchev–Trinajstić information content (AvgIpc) is 3.73. The van der Waals surface area contributed by atoms with Gasteiger partial charge in [-0.25, -0.2) is 0 Å². The average molecular weight is 648 g/mol. The fourth-order valence-corrected chi connectivity index (χ4v) is 6.84. The molecule has 4 heterocycles. The molecule has 1 spiro atoms. The maximum absolute atomic E-state index is 13.0. The Kier molecular flexibility index (Phi) is 9.70. The summed E-state index contributed by atoms with van der Waals surface area (Å²) >= 11 is 0. The van der Waals surface area contributed by atoms with Crippen LogP contribution in [0.2, 0.25) is 0 Å². The molecule has 0 unspecified atom stereocenters. The highest BCUT2D eigenvalue weighted by Gasteiger charge is 2.48. The van der Waals surface area contributed by atoms with Crippen molar-refractivity contribution in [2.24, 2.45) is 5.92 Å². The first-order chi connectivity index (χ1) is 22.0. The normalized spacial score (nSPS) is 28.5. The van der Waals surface area contributed by atoms with Crippen LogP contribution in [0.3, 0.4) is 0 Å². The van der Waals surface area contributed by atoms with E-state index >= 15 is 0 Å². The van der Waals surface area contributed by atoms with Crippen molar-refractivity contribution >= 4 is 17.5 Å². The van der Waals surface area contributed by atoms with Gasteiger partial charge >= 0.3 is 12.1 Å². The number of nitrogens with zero attached hydrogens (tertiary/aromatic N) is 2. The van der Waals surface area contributed by atoms with E-state index in [-0.39, 0.29) is 37.7 Å². The third-order valence-corrected chi connectivity index (χ3v) is 9.50. The zero-order chi connectivity index (χ0) is 32.5. The molecule has 2 amide bonds. The van der Waals surface area contributed by atoms with Crippen LogP contribution in [0.25, 0.3) is 0 Å². The van der Waals surface area contributed by atoms with Crippen molar-refractivity contribution in [1.82, 2.24) is 9.80 Å². The number of likely N-dealkylation sites (tertiary alicyclic amines) is 2. The van der Waals surface area contributed by atoms with Gasteiger partial charge in [-0.2, -0.15) is 13.2 Å². The van der Waals surface area contributed by atoms with Gasteiger partial charge in [0, 0.05) is 56.2 Å². The summed E-state index contributed by atoms with van der Waals surface area (Å²) in [5, 5.41) is 12.2. The van der Waals surface area contributed by atoms with E-state index in [0.29, 0.717) is 42.3 Å². The molecule has 6 rings (SSSR count). The van der Waals surface area contributed by atoms with Gasteiger partial charge in [0.25, 0.3) is 0 Å². The third-order valence-electron chi connectivity index (χ3n) is 9.50. The van der Waals surface area contributed by atoms with Crippen molar-refractivity contribution in [2.45, 2.75) is 75.7 Å². The molecule has 250 valence electrons. The Hall–Kier alpha value is -3.07. The van der Waals surface area contributed by atoms with Gasteiger partial charge in [-0.15, -0.1) is 0 Å². The molecule has 10 nitrogen and oxygen atoms in total. The van der Waals surface area contributed by atoms with Gasteiger partial charge in [-0.1, -0.05) is 43.3 Å². The van der Waals surface area contributed by atoms with Gasteiger partial charge in [-0.3, -0.25) is 9.59 Å². The van der Waals surface area contributed by atoms with Crippen LogP contribution in [-0.2, 0) is 35.1 Å². The molecule has 0 radical (unpaired) electrons. The van der Waals surface area contributed by atoms with Gasteiger partial charge in [0.05, 0.1) is 32.0 Å². The molecule has 4 aliphatic heterocycles. The summed E-state index contributed by atoms with van der Waals surface area (Å²) in [7, 11) is 0. The molecule has 2 aromatic rings. The summed E-state index contributed by atoms with van der Waals surface area (Å²) < 4.78 is 64.0. The summed E-state index contributed by atoms with van der Waals surface area (Å²) in [5.74, 6) is -3.14. The van der Waals surface area contributed by atoms with Crippen LogP contribution in [0.1, 0.15) is 61.7 Å². The SMILES string of the molecule is C[C@@H]1[C@H](CN2CCC3(CC2)OCCO3)O[C@H](c2ccc(NC(=O)[C@@H]3CCCN3C(=O)C(F)(F)F)cc2)O[C@@H]1c1ccc(CO)cc1. The monoisotopic (exact) mass is 647 g/mol. The molecule has 4 aliphatic rings. The van der Waals surface area contributed by atoms with Crippen LogP contribution in [0.4, 0.5) is 18.9 Å². The van der Waals surface area contributed by atoms with Crippen molar-refractivity contribution in [3.05, 3.63) is 65.2 Å². The van der Waals surface area contributed by atoms with Crippen molar-refractivity contribution in [3.8, 4) is 0 Å². The Labute approximate surface area is 265 Å². The summed E-state index contributed by atoms with van der Waals surface area (Å²) in [4.78, 5) is 27.7. The van der Waals surface area contributed by atoms with Gasteiger partial charge in [0.1, 0.15) is 6.04 Å². The molecular formula is C33H40F3N3O7. The Balaban J connectivity index is 1.15. The molecule has 0 aromatic heterocycles. The van der Waals surface area contributed by atoms with E-state index in [1.165, 1.54) is 0 Å². The molecule has 4 fully saturated rings. The maximum atomic E-state index is 13.0. The molecule has 0 saturated carbocycles. The fourth-order valence-electron chi connectivity index (χ4n) is 6.84. The molecule has 2 aromatic carbocycles. The number of carbonyl (C=O) groups excluding carboxylic acids is 2. The Morgan fingerprint density at radius 2 is 1.61 bits per heavy atom. The minimum Gasteiger partial charge on any atom is -0.392 e. The van der Waals surface area contributed by atoms with Gasteiger partial charge in [-0.05, 0) is 36.1 Å². The van der Waals surface area contributed by atoms with E-state index in [0.717, 1.165) is 37.1 Å². The van der Waals surface area contributed by atoms with E-state index < -0.39 is 36.1 Å². The molecular weight excluding hydrogens is 607 g/mol. The minimum atomic E-state index is -5.03. The summed E-state index contributed by atoms with van der Waals surface area (Å²) in [5.41, 5.74) is 2.87. The Morgan fingerprint density at radius 3 is 2.24 bits per heavy atom. The molecule has 4 saturated heterocycles. The number of aliphatic hydroxyl groups is 1. The van der Waals surface area contributed by atoms with Crippen LogP contribution in [0.5, 0.6) is 0 Å². The molecule has 0 bridgehead atoms. The van der Waals surface area contributed by atoms with Crippen molar-refractivity contribution < 1.29 is 46.8 Å². The molecule has 5 atom stereocenters. The number of hydrogen-bond acceptors (Lipinski definition) is 8. The quantitative estimate of drug-likeness (QED) is 0.458. The largest absolute Gasteiger partial charge is 0.471 e.